The van der Waals surface area contributed by atoms with Gasteiger partial charge < -0.3 is 11.1 Å². The summed E-state index contributed by atoms with van der Waals surface area (Å²) in [6, 6.07) is 5.49. The summed E-state index contributed by atoms with van der Waals surface area (Å²) in [7, 11) is 0. The first-order valence-electron chi connectivity index (χ1n) is 6.65. The van der Waals surface area contributed by atoms with Gasteiger partial charge in [-0.25, -0.2) is 4.98 Å². The molecule has 1 amide bonds. The molecule has 0 unspecified atom stereocenters. The van der Waals surface area contributed by atoms with E-state index >= 15 is 0 Å². The molecule has 1 aromatic heterocycles. The number of nitrogens with zero attached hydrogens (tertiary/aromatic N) is 1. The number of rotatable bonds is 4. The molecule has 106 valence electrons. The maximum absolute atomic E-state index is 12.3. The molecule has 2 aromatic rings. The third-order valence-electron chi connectivity index (χ3n) is 3.02. The van der Waals surface area contributed by atoms with Crippen LogP contribution in [0.3, 0.4) is 0 Å². The Morgan fingerprint density at radius 1 is 1.40 bits per heavy atom. The quantitative estimate of drug-likeness (QED) is 0.846. The number of anilines is 2. The van der Waals surface area contributed by atoms with Crippen molar-refractivity contribution in [3.05, 3.63) is 39.3 Å². The van der Waals surface area contributed by atoms with E-state index in [9.17, 15) is 4.79 Å². The van der Waals surface area contributed by atoms with Crippen LogP contribution in [-0.4, -0.2) is 10.9 Å². The van der Waals surface area contributed by atoms with E-state index in [1.54, 1.807) is 6.07 Å². The molecule has 0 bridgehead atoms. The second-order valence-corrected chi connectivity index (χ2v) is 5.88. The van der Waals surface area contributed by atoms with Gasteiger partial charge in [0, 0.05) is 11.4 Å². The summed E-state index contributed by atoms with van der Waals surface area (Å²) in [5, 5.41) is 3.93. The SMILES string of the molecule is CCCc1nc(C)c(C(=O)Nc2cc(N)ccc2C)s1. The highest BCUT2D eigenvalue weighted by molar-refractivity contribution is 7.13. The molecule has 2 rings (SSSR count). The standard InChI is InChI=1S/C15H19N3OS/c1-4-5-13-17-10(3)14(20-13)15(19)18-12-8-11(16)7-6-9(12)2/h6-8H,4-5,16H2,1-3H3,(H,18,19). The number of nitrogen functional groups attached to an aromatic ring is 1. The maximum atomic E-state index is 12.3. The number of hydrogen-bond donors (Lipinski definition) is 2. The number of amides is 1. The van der Waals surface area contributed by atoms with E-state index in [1.807, 2.05) is 26.0 Å². The minimum Gasteiger partial charge on any atom is -0.399 e. The van der Waals surface area contributed by atoms with Gasteiger partial charge in [0.25, 0.3) is 5.91 Å². The van der Waals surface area contributed by atoms with Gasteiger partial charge in [-0.2, -0.15) is 0 Å². The second kappa shape index (κ2) is 6.05. The number of hydrogen-bond acceptors (Lipinski definition) is 4. The van der Waals surface area contributed by atoms with Crippen LogP contribution in [0.2, 0.25) is 0 Å². The van der Waals surface area contributed by atoms with E-state index in [0.29, 0.717) is 10.6 Å². The molecule has 0 saturated carbocycles. The first-order chi connectivity index (χ1) is 9.51. The molecular weight excluding hydrogens is 270 g/mol. The highest BCUT2D eigenvalue weighted by Crippen LogP contribution is 2.23. The Morgan fingerprint density at radius 3 is 2.85 bits per heavy atom. The van der Waals surface area contributed by atoms with E-state index in [1.165, 1.54) is 11.3 Å². The molecule has 0 spiro atoms. The Labute approximate surface area is 123 Å². The van der Waals surface area contributed by atoms with E-state index in [2.05, 4.69) is 17.2 Å². The van der Waals surface area contributed by atoms with Crippen molar-refractivity contribution in [1.82, 2.24) is 4.98 Å². The predicted octanol–water partition coefficient (Wildman–Crippen LogP) is 3.55. The van der Waals surface area contributed by atoms with Gasteiger partial charge in [0.2, 0.25) is 0 Å². The van der Waals surface area contributed by atoms with Gasteiger partial charge in [-0.1, -0.05) is 13.0 Å². The fourth-order valence-electron chi connectivity index (χ4n) is 1.94. The van der Waals surface area contributed by atoms with E-state index in [4.69, 9.17) is 5.73 Å². The van der Waals surface area contributed by atoms with Crippen LogP contribution in [0.4, 0.5) is 11.4 Å². The van der Waals surface area contributed by atoms with E-state index in [0.717, 1.165) is 34.8 Å². The topological polar surface area (TPSA) is 68.0 Å². The minimum atomic E-state index is -0.115. The van der Waals surface area contributed by atoms with Crippen molar-refractivity contribution in [2.75, 3.05) is 11.1 Å². The molecule has 0 aliphatic carbocycles. The maximum Gasteiger partial charge on any atom is 0.267 e. The highest BCUT2D eigenvalue weighted by atomic mass is 32.1. The fourth-order valence-corrected chi connectivity index (χ4v) is 3.00. The second-order valence-electron chi connectivity index (χ2n) is 4.80. The lowest BCUT2D eigenvalue weighted by Gasteiger charge is -2.08. The molecule has 0 aliphatic rings. The summed E-state index contributed by atoms with van der Waals surface area (Å²) in [4.78, 5) is 17.4. The van der Waals surface area contributed by atoms with Gasteiger partial charge in [-0.15, -0.1) is 11.3 Å². The Bertz CT molecular complexity index is 634. The van der Waals surface area contributed by atoms with Crippen molar-refractivity contribution in [2.24, 2.45) is 0 Å². The Hall–Kier alpha value is -1.88. The molecule has 5 heteroatoms. The summed E-state index contributed by atoms with van der Waals surface area (Å²) in [6.07, 6.45) is 1.94. The van der Waals surface area contributed by atoms with Gasteiger partial charge in [0.1, 0.15) is 4.88 Å². The molecule has 0 radical (unpaired) electrons. The molecule has 0 saturated heterocycles. The average Bonchev–Trinajstić information content (AvgIpc) is 2.75. The molecular formula is C15H19N3OS. The summed E-state index contributed by atoms with van der Waals surface area (Å²) >= 11 is 1.47. The van der Waals surface area contributed by atoms with Crippen LogP contribution in [0.1, 0.15) is 39.3 Å². The Morgan fingerprint density at radius 2 is 2.15 bits per heavy atom. The van der Waals surface area contributed by atoms with Crippen LogP contribution in [-0.2, 0) is 6.42 Å². The minimum absolute atomic E-state index is 0.115. The van der Waals surface area contributed by atoms with E-state index < -0.39 is 0 Å². The number of thiazole rings is 1. The zero-order valence-electron chi connectivity index (χ0n) is 12.0. The lowest BCUT2D eigenvalue weighted by Crippen LogP contribution is -2.12. The van der Waals surface area contributed by atoms with Crippen LogP contribution >= 0.6 is 11.3 Å². The van der Waals surface area contributed by atoms with Crippen molar-refractivity contribution >= 4 is 28.6 Å². The Kier molecular flexibility index (Phi) is 4.39. The number of carbonyl (C=O) groups excluding carboxylic acids is 1. The van der Waals surface area contributed by atoms with Gasteiger partial charge in [0.05, 0.1) is 10.7 Å². The first kappa shape index (κ1) is 14.5. The normalized spacial score (nSPS) is 10.6. The number of carbonyl (C=O) groups is 1. The lowest BCUT2D eigenvalue weighted by atomic mass is 10.2. The third-order valence-corrected chi connectivity index (χ3v) is 4.24. The van der Waals surface area contributed by atoms with Crippen molar-refractivity contribution in [3.63, 3.8) is 0 Å². The fraction of sp³-hybridized carbons (Fsp3) is 0.333. The summed E-state index contributed by atoms with van der Waals surface area (Å²) < 4.78 is 0. The largest absolute Gasteiger partial charge is 0.399 e. The molecule has 0 fully saturated rings. The summed E-state index contributed by atoms with van der Waals surface area (Å²) in [5.74, 6) is -0.115. The van der Waals surface area contributed by atoms with Gasteiger partial charge in [-0.05, 0) is 44.4 Å². The average molecular weight is 289 g/mol. The molecule has 1 heterocycles. The zero-order valence-corrected chi connectivity index (χ0v) is 12.8. The smallest absolute Gasteiger partial charge is 0.267 e. The molecule has 1 aromatic carbocycles. The molecule has 3 N–H and O–H groups in total. The van der Waals surface area contributed by atoms with Crippen molar-refractivity contribution < 1.29 is 4.79 Å². The van der Waals surface area contributed by atoms with Crippen LogP contribution in [0.15, 0.2) is 18.2 Å². The lowest BCUT2D eigenvalue weighted by molar-refractivity contribution is 0.102. The molecule has 20 heavy (non-hydrogen) atoms. The van der Waals surface area contributed by atoms with Gasteiger partial charge in [-0.3, -0.25) is 4.79 Å². The van der Waals surface area contributed by atoms with Crippen LogP contribution in [0, 0.1) is 13.8 Å². The molecule has 0 aliphatic heterocycles. The first-order valence-corrected chi connectivity index (χ1v) is 7.46. The van der Waals surface area contributed by atoms with Crippen molar-refractivity contribution in [1.29, 1.82) is 0 Å². The summed E-state index contributed by atoms with van der Waals surface area (Å²) in [6.45, 7) is 5.92. The highest BCUT2D eigenvalue weighted by Gasteiger charge is 2.15. The number of aromatic nitrogens is 1. The van der Waals surface area contributed by atoms with Crippen LogP contribution in [0.25, 0.3) is 0 Å². The monoisotopic (exact) mass is 289 g/mol. The van der Waals surface area contributed by atoms with Gasteiger partial charge >= 0.3 is 0 Å². The number of benzene rings is 1. The summed E-state index contributed by atoms with van der Waals surface area (Å²) in [5.41, 5.74) is 8.92. The third kappa shape index (κ3) is 3.17. The number of nitrogens with two attached hydrogens (primary N) is 1. The predicted molar refractivity (Wildman–Crippen MR) is 84.4 cm³/mol. The van der Waals surface area contributed by atoms with Crippen molar-refractivity contribution in [2.45, 2.75) is 33.6 Å². The van der Waals surface area contributed by atoms with Crippen LogP contribution < -0.4 is 11.1 Å². The van der Waals surface area contributed by atoms with Crippen molar-refractivity contribution in [3.8, 4) is 0 Å². The van der Waals surface area contributed by atoms with E-state index in [-0.39, 0.29) is 5.91 Å². The number of aryl methyl sites for hydroxylation is 3. The molecule has 4 nitrogen and oxygen atoms in total. The molecule has 0 atom stereocenters. The number of nitrogens with one attached hydrogen (secondary N) is 1. The Balaban J connectivity index is 2.21. The van der Waals surface area contributed by atoms with Crippen LogP contribution in [0.5, 0.6) is 0 Å². The zero-order chi connectivity index (χ0) is 14.7. The van der Waals surface area contributed by atoms with Gasteiger partial charge in [0.15, 0.2) is 0 Å².